The van der Waals surface area contributed by atoms with Gasteiger partial charge in [-0.05, 0) is 6.92 Å². The van der Waals surface area contributed by atoms with Crippen molar-refractivity contribution in [3.05, 3.63) is 18.5 Å². The fraction of sp³-hybridized carbons (Fsp3) is 0.375. The number of alkyl halides is 2. The second kappa shape index (κ2) is 4.59. The summed E-state index contributed by atoms with van der Waals surface area (Å²) in [6.45, 7) is -0.649. The normalized spacial score (nSPS) is 10.2. The summed E-state index contributed by atoms with van der Waals surface area (Å²) >= 11 is 0. The Kier molecular flexibility index (Phi) is 3.42. The lowest BCUT2D eigenvalue weighted by Gasteiger charge is -2.05. The molecule has 0 unspecified atom stereocenters. The van der Waals surface area contributed by atoms with E-state index in [2.05, 4.69) is 15.9 Å². The van der Waals surface area contributed by atoms with Crippen molar-refractivity contribution in [2.45, 2.75) is 13.5 Å². The molecule has 1 aromatic rings. The molecule has 0 fully saturated rings. The van der Waals surface area contributed by atoms with Crippen LogP contribution in [0.2, 0.25) is 0 Å². The fourth-order valence-corrected chi connectivity index (χ4v) is 0.755. The van der Waals surface area contributed by atoms with Crippen molar-refractivity contribution in [3.63, 3.8) is 0 Å². The number of ether oxygens (including phenoxy) is 2. The Bertz CT molecular complexity index is 268. The van der Waals surface area contributed by atoms with E-state index in [0.717, 1.165) is 6.20 Å². The quantitative estimate of drug-likeness (QED) is 0.722. The first-order valence-electron chi connectivity index (χ1n) is 3.67. The number of nitrogens with zero attached hydrogens (tertiary/aromatic N) is 1. The molecule has 0 saturated carbocycles. The lowest BCUT2D eigenvalue weighted by molar-refractivity contribution is -0.0501. The van der Waals surface area contributed by atoms with E-state index in [4.69, 9.17) is 4.74 Å². The van der Waals surface area contributed by atoms with E-state index >= 15 is 0 Å². The summed E-state index contributed by atoms with van der Waals surface area (Å²) in [7, 11) is 0. The molecule has 13 heavy (non-hydrogen) atoms. The van der Waals surface area contributed by atoms with Gasteiger partial charge in [0.2, 0.25) is 0 Å². The zero-order chi connectivity index (χ0) is 9.68. The van der Waals surface area contributed by atoms with Crippen molar-refractivity contribution < 1.29 is 18.3 Å². The lowest BCUT2D eigenvalue weighted by Crippen LogP contribution is -2.02. The van der Waals surface area contributed by atoms with E-state index in [0.29, 0.717) is 12.4 Å². The van der Waals surface area contributed by atoms with E-state index in [1.54, 1.807) is 6.92 Å². The number of halogens is 2. The molecule has 0 aliphatic carbocycles. The summed E-state index contributed by atoms with van der Waals surface area (Å²) in [5.74, 6) is 0.262. The van der Waals surface area contributed by atoms with Crippen molar-refractivity contribution in [3.8, 4) is 11.5 Å². The zero-order valence-corrected chi connectivity index (χ0v) is 6.96. The third-order valence-electron chi connectivity index (χ3n) is 1.16. The summed E-state index contributed by atoms with van der Waals surface area (Å²) in [4.78, 5) is 3.55. The highest BCUT2D eigenvalue weighted by molar-refractivity contribution is 5.27. The highest BCUT2D eigenvalue weighted by Gasteiger charge is 2.05. The van der Waals surface area contributed by atoms with Crippen molar-refractivity contribution in [2.24, 2.45) is 0 Å². The van der Waals surface area contributed by atoms with Gasteiger partial charge in [0.05, 0.1) is 12.8 Å². The van der Waals surface area contributed by atoms with Crippen LogP contribution in [0.15, 0.2) is 12.3 Å². The topological polar surface area (TPSA) is 31.4 Å². The van der Waals surface area contributed by atoms with Crippen molar-refractivity contribution in [1.29, 1.82) is 0 Å². The van der Waals surface area contributed by atoms with Gasteiger partial charge in [0.1, 0.15) is 11.9 Å². The van der Waals surface area contributed by atoms with Crippen molar-refractivity contribution in [1.82, 2.24) is 4.98 Å². The van der Waals surface area contributed by atoms with Crippen LogP contribution in [-0.2, 0) is 0 Å². The molecule has 0 spiro atoms. The Balaban J connectivity index is 2.67. The average Bonchev–Trinajstić information content (AvgIpc) is 2.04. The van der Waals surface area contributed by atoms with Crippen LogP contribution < -0.4 is 9.47 Å². The Labute approximate surface area is 74.3 Å². The molecule has 71 valence electrons. The van der Waals surface area contributed by atoms with Crippen LogP contribution in [0.3, 0.4) is 0 Å². The summed E-state index contributed by atoms with van der Waals surface area (Å²) in [5, 5.41) is 0. The minimum atomic E-state index is -2.85. The van der Waals surface area contributed by atoms with Gasteiger partial charge in [-0.3, -0.25) is 0 Å². The molecule has 0 atom stereocenters. The predicted octanol–water partition coefficient (Wildman–Crippen LogP) is 1.88. The molecule has 1 aromatic heterocycles. The minimum absolute atomic E-state index is 0.0304. The molecule has 0 N–H and O–H groups in total. The summed E-state index contributed by atoms with van der Waals surface area (Å²) in [5.41, 5.74) is 0. The van der Waals surface area contributed by atoms with Crippen LogP contribution in [0.5, 0.6) is 11.5 Å². The van der Waals surface area contributed by atoms with E-state index in [1.165, 1.54) is 6.07 Å². The van der Waals surface area contributed by atoms with Gasteiger partial charge < -0.3 is 9.47 Å². The van der Waals surface area contributed by atoms with E-state index in [9.17, 15) is 8.78 Å². The fourth-order valence-electron chi connectivity index (χ4n) is 0.755. The molecular formula is C8H8F2NO2. The van der Waals surface area contributed by atoms with E-state index in [1.807, 2.05) is 0 Å². The molecule has 0 saturated heterocycles. The van der Waals surface area contributed by atoms with Gasteiger partial charge in [-0.2, -0.15) is 8.78 Å². The second-order valence-corrected chi connectivity index (χ2v) is 2.09. The average molecular weight is 188 g/mol. The van der Waals surface area contributed by atoms with E-state index in [-0.39, 0.29) is 5.75 Å². The molecule has 0 amide bonds. The van der Waals surface area contributed by atoms with Crippen LogP contribution in [-0.4, -0.2) is 18.2 Å². The van der Waals surface area contributed by atoms with E-state index < -0.39 is 6.61 Å². The predicted molar refractivity (Wildman–Crippen MR) is 40.9 cm³/mol. The Morgan fingerprint density at radius 2 is 2.38 bits per heavy atom. The number of hydrogen-bond donors (Lipinski definition) is 0. The first-order chi connectivity index (χ1) is 6.22. The van der Waals surface area contributed by atoms with Crippen LogP contribution >= 0.6 is 0 Å². The Hall–Kier alpha value is -1.39. The van der Waals surface area contributed by atoms with Gasteiger partial charge >= 0.3 is 6.61 Å². The largest absolute Gasteiger partial charge is 0.491 e. The van der Waals surface area contributed by atoms with Gasteiger partial charge in [0.25, 0.3) is 0 Å². The van der Waals surface area contributed by atoms with Gasteiger partial charge in [-0.15, -0.1) is 0 Å². The standard InChI is InChI=1S/C8H8F2NO2/c1-2-12-6-3-7(5-11-4-6)13-8(9)10/h3,5,8H,2H2,1H3. The Morgan fingerprint density at radius 1 is 1.62 bits per heavy atom. The maximum absolute atomic E-state index is 11.7. The van der Waals surface area contributed by atoms with Gasteiger partial charge in [0, 0.05) is 6.07 Å². The third kappa shape index (κ3) is 3.23. The van der Waals surface area contributed by atoms with Crippen molar-refractivity contribution in [2.75, 3.05) is 6.61 Å². The van der Waals surface area contributed by atoms with Crippen LogP contribution in [0.1, 0.15) is 6.92 Å². The number of hydrogen-bond acceptors (Lipinski definition) is 3. The van der Waals surface area contributed by atoms with Gasteiger partial charge in [-0.25, -0.2) is 4.98 Å². The van der Waals surface area contributed by atoms with Crippen LogP contribution in [0.4, 0.5) is 8.78 Å². The molecule has 0 aliphatic heterocycles. The maximum Gasteiger partial charge on any atom is 0.387 e. The molecule has 3 nitrogen and oxygen atoms in total. The Morgan fingerprint density at radius 3 is 3.00 bits per heavy atom. The summed E-state index contributed by atoms with van der Waals surface area (Å²) < 4.78 is 32.6. The number of rotatable bonds is 4. The zero-order valence-electron chi connectivity index (χ0n) is 6.96. The number of aromatic nitrogens is 1. The van der Waals surface area contributed by atoms with Crippen LogP contribution in [0, 0.1) is 6.20 Å². The molecule has 1 radical (unpaired) electrons. The van der Waals surface area contributed by atoms with Crippen LogP contribution in [0.25, 0.3) is 0 Å². The summed E-state index contributed by atoms with van der Waals surface area (Å²) in [6, 6.07) is 1.31. The smallest absolute Gasteiger partial charge is 0.387 e. The molecule has 0 aliphatic rings. The minimum Gasteiger partial charge on any atom is -0.491 e. The highest BCUT2D eigenvalue weighted by Crippen LogP contribution is 2.18. The maximum atomic E-state index is 11.7. The molecule has 0 aromatic carbocycles. The van der Waals surface area contributed by atoms with Gasteiger partial charge in [0.15, 0.2) is 5.75 Å². The molecular weight excluding hydrogens is 180 g/mol. The monoisotopic (exact) mass is 188 g/mol. The number of pyridine rings is 1. The second-order valence-electron chi connectivity index (χ2n) is 2.09. The molecule has 0 bridgehead atoms. The first kappa shape index (κ1) is 9.70. The molecule has 1 rings (SSSR count). The first-order valence-corrected chi connectivity index (χ1v) is 3.67. The SMILES string of the molecule is CCOc1[c]ncc(OC(F)F)c1. The third-order valence-corrected chi connectivity index (χ3v) is 1.16. The lowest BCUT2D eigenvalue weighted by atomic mass is 10.4. The van der Waals surface area contributed by atoms with Crippen molar-refractivity contribution >= 4 is 0 Å². The highest BCUT2D eigenvalue weighted by atomic mass is 19.3. The molecule has 1 heterocycles. The molecule has 5 heteroatoms. The van der Waals surface area contributed by atoms with Gasteiger partial charge in [-0.1, -0.05) is 0 Å². The summed E-state index contributed by atoms with van der Waals surface area (Å²) in [6.07, 6.45) is 3.63.